The molecule has 0 N–H and O–H groups in total. The van der Waals surface area contributed by atoms with Crippen LogP contribution in [-0.2, 0) is 31.3 Å². The summed E-state index contributed by atoms with van der Waals surface area (Å²) in [5.41, 5.74) is 0.926. The Morgan fingerprint density at radius 1 is 1.00 bits per heavy atom. The number of carbonyl (C=O) groups excluding carboxylic acids is 1. The van der Waals surface area contributed by atoms with Gasteiger partial charge in [-0.3, -0.25) is 4.79 Å². The molecular formula is C20H31N3O5S2. The summed E-state index contributed by atoms with van der Waals surface area (Å²) in [4.78, 5) is 14.6. The normalized spacial score (nSPS) is 19.5. The summed E-state index contributed by atoms with van der Waals surface area (Å²) in [6.07, 6.45) is 5.18. The summed E-state index contributed by atoms with van der Waals surface area (Å²) < 4.78 is 51.4. The molecule has 2 fully saturated rings. The molecule has 2 heterocycles. The lowest BCUT2D eigenvalue weighted by Gasteiger charge is -2.35. The summed E-state index contributed by atoms with van der Waals surface area (Å²) in [6.45, 7) is 2.26. The Balaban J connectivity index is 1.49. The molecule has 2 aliphatic rings. The summed E-state index contributed by atoms with van der Waals surface area (Å²) >= 11 is 0. The molecule has 0 unspecified atom stereocenters. The van der Waals surface area contributed by atoms with E-state index < -0.39 is 20.0 Å². The number of hydrogen-bond donors (Lipinski definition) is 0. The van der Waals surface area contributed by atoms with Gasteiger partial charge >= 0.3 is 0 Å². The van der Waals surface area contributed by atoms with Crippen molar-refractivity contribution in [3.05, 3.63) is 29.8 Å². The van der Waals surface area contributed by atoms with Gasteiger partial charge in [0.05, 0.1) is 11.2 Å². The quantitative estimate of drug-likeness (QED) is 0.615. The van der Waals surface area contributed by atoms with E-state index in [-0.39, 0.29) is 11.9 Å². The zero-order valence-electron chi connectivity index (χ0n) is 17.7. The molecule has 0 bridgehead atoms. The van der Waals surface area contributed by atoms with Crippen LogP contribution in [0.1, 0.15) is 37.7 Å². The fourth-order valence-corrected chi connectivity index (χ4v) is 6.33. The van der Waals surface area contributed by atoms with Crippen molar-refractivity contribution in [1.29, 1.82) is 0 Å². The van der Waals surface area contributed by atoms with Gasteiger partial charge in [0.25, 0.3) is 0 Å². The smallest absolute Gasteiger partial charge is 0.243 e. The highest BCUT2D eigenvalue weighted by Crippen LogP contribution is 2.22. The molecular weight excluding hydrogens is 426 g/mol. The molecule has 0 saturated carbocycles. The van der Waals surface area contributed by atoms with Gasteiger partial charge in [-0.25, -0.2) is 21.1 Å². The first-order valence-electron chi connectivity index (χ1n) is 10.4. The van der Waals surface area contributed by atoms with Crippen molar-refractivity contribution >= 4 is 26.0 Å². The van der Waals surface area contributed by atoms with Crippen molar-refractivity contribution < 1.29 is 21.6 Å². The van der Waals surface area contributed by atoms with Gasteiger partial charge in [-0.15, -0.1) is 0 Å². The Hall–Kier alpha value is -1.49. The molecule has 1 amide bonds. The van der Waals surface area contributed by atoms with E-state index in [1.165, 1.54) is 14.9 Å². The van der Waals surface area contributed by atoms with Crippen LogP contribution in [0.5, 0.6) is 0 Å². The number of nitrogens with zero attached hydrogens (tertiary/aromatic N) is 3. The van der Waals surface area contributed by atoms with E-state index in [1.54, 1.807) is 36.2 Å². The third-order valence-corrected chi connectivity index (χ3v) is 9.37. The molecule has 10 heteroatoms. The zero-order valence-corrected chi connectivity index (χ0v) is 19.3. The van der Waals surface area contributed by atoms with E-state index in [4.69, 9.17) is 0 Å². The summed E-state index contributed by atoms with van der Waals surface area (Å²) in [7, 11) is -5.05. The molecule has 1 aromatic rings. The van der Waals surface area contributed by atoms with E-state index in [0.29, 0.717) is 56.8 Å². The molecule has 0 spiro atoms. The second-order valence-corrected chi connectivity index (χ2v) is 12.1. The zero-order chi connectivity index (χ0) is 21.9. The second-order valence-electron chi connectivity index (χ2n) is 8.15. The second kappa shape index (κ2) is 9.33. The van der Waals surface area contributed by atoms with Crippen LogP contribution >= 0.6 is 0 Å². The fourth-order valence-electron chi connectivity index (χ4n) is 4.06. The lowest BCUT2D eigenvalue weighted by atomic mass is 10.0. The van der Waals surface area contributed by atoms with Crippen LogP contribution < -0.4 is 0 Å². The Labute approximate surface area is 179 Å². The van der Waals surface area contributed by atoms with Gasteiger partial charge in [0.15, 0.2) is 0 Å². The lowest BCUT2D eigenvalue weighted by Crippen LogP contribution is -2.47. The van der Waals surface area contributed by atoms with Crippen molar-refractivity contribution in [1.82, 2.24) is 13.5 Å². The van der Waals surface area contributed by atoms with Crippen molar-refractivity contribution in [2.45, 2.75) is 49.5 Å². The standard InChI is InChI=1S/C20H31N3O5S2/c1-21(29(2,25)26)18-11-15-22(16-12-18)20(24)10-7-17-5-8-19(9-6-17)30(27,28)23-13-3-4-14-23/h5-6,8-9,18H,3-4,7,10-16H2,1-2H3. The van der Waals surface area contributed by atoms with Crippen molar-refractivity contribution in [2.24, 2.45) is 0 Å². The molecule has 0 atom stereocenters. The third kappa shape index (κ3) is 5.40. The minimum Gasteiger partial charge on any atom is -0.343 e. The Morgan fingerprint density at radius 2 is 1.57 bits per heavy atom. The molecule has 2 saturated heterocycles. The van der Waals surface area contributed by atoms with Gasteiger partial charge in [0, 0.05) is 45.7 Å². The highest BCUT2D eigenvalue weighted by Gasteiger charge is 2.29. The number of benzene rings is 1. The first-order valence-corrected chi connectivity index (χ1v) is 13.7. The number of amides is 1. The van der Waals surface area contributed by atoms with Crippen LogP contribution in [0.25, 0.3) is 0 Å². The van der Waals surface area contributed by atoms with E-state index in [9.17, 15) is 21.6 Å². The van der Waals surface area contributed by atoms with Crippen molar-refractivity contribution in [2.75, 3.05) is 39.5 Å². The van der Waals surface area contributed by atoms with Gasteiger partial charge in [0.2, 0.25) is 26.0 Å². The average molecular weight is 458 g/mol. The van der Waals surface area contributed by atoms with Crippen molar-refractivity contribution in [3.63, 3.8) is 0 Å². The molecule has 0 aliphatic carbocycles. The predicted molar refractivity (Wildman–Crippen MR) is 115 cm³/mol. The first-order chi connectivity index (χ1) is 14.1. The molecule has 1 aromatic carbocycles. The molecule has 0 radical (unpaired) electrons. The summed E-state index contributed by atoms with van der Waals surface area (Å²) in [5, 5.41) is 0. The molecule has 2 aliphatic heterocycles. The third-order valence-electron chi connectivity index (χ3n) is 6.11. The van der Waals surface area contributed by atoms with Crippen molar-refractivity contribution in [3.8, 4) is 0 Å². The maximum Gasteiger partial charge on any atom is 0.243 e. The van der Waals surface area contributed by atoms with Gasteiger partial charge in [-0.05, 0) is 49.8 Å². The monoisotopic (exact) mass is 457 g/mol. The van der Waals surface area contributed by atoms with E-state index in [0.717, 1.165) is 18.4 Å². The Bertz CT molecular complexity index is 947. The Morgan fingerprint density at radius 3 is 2.10 bits per heavy atom. The maximum atomic E-state index is 12.6. The number of piperidine rings is 1. The predicted octanol–water partition coefficient (Wildman–Crippen LogP) is 1.29. The topological polar surface area (TPSA) is 95.1 Å². The molecule has 168 valence electrons. The first kappa shape index (κ1) is 23.2. The molecule has 3 rings (SSSR count). The van der Waals surface area contributed by atoms with E-state index >= 15 is 0 Å². The Kier molecular flexibility index (Phi) is 7.21. The molecule has 8 nitrogen and oxygen atoms in total. The maximum absolute atomic E-state index is 12.6. The van der Waals surface area contributed by atoms with Crippen LogP contribution in [0.15, 0.2) is 29.2 Å². The highest BCUT2D eigenvalue weighted by molar-refractivity contribution is 7.89. The van der Waals surface area contributed by atoms with Crippen LogP contribution in [0, 0.1) is 0 Å². The molecule has 0 aromatic heterocycles. The molecule has 30 heavy (non-hydrogen) atoms. The summed E-state index contributed by atoms with van der Waals surface area (Å²) in [5.74, 6) is 0.0456. The van der Waals surface area contributed by atoms with Gasteiger partial charge in [-0.1, -0.05) is 12.1 Å². The largest absolute Gasteiger partial charge is 0.343 e. The van der Waals surface area contributed by atoms with Crippen LogP contribution in [0.3, 0.4) is 0 Å². The number of sulfonamides is 2. The van der Waals surface area contributed by atoms with Crippen LogP contribution in [0.2, 0.25) is 0 Å². The van der Waals surface area contributed by atoms with E-state index in [1.807, 2.05) is 0 Å². The van der Waals surface area contributed by atoms with E-state index in [2.05, 4.69) is 0 Å². The number of aryl methyl sites for hydroxylation is 1. The highest BCUT2D eigenvalue weighted by atomic mass is 32.2. The van der Waals surface area contributed by atoms with Crippen LogP contribution in [0.4, 0.5) is 0 Å². The van der Waals surface area contributed by atoms with Gasteiger partial charge in [-0.2, -0.15) is 4.31 Å². The van der Waals surface area contributed by atoms with Gasteiger partial charge in [0.1, 0.15) is 0 Å². The van der Waals surface area contributed by atoms with Crippen LogP contribution in [-0.4, -0.2) is 81.8 Å². The lowest BCUT2D eigenvalue weighted by molar-refractivity contribution is -0.132. The van der Waals surface area contributed by atoms with Gasteiger partial charge < -0.3 is 4.90 Å². The average Bonchev–Trinajstić information content (AvgIpc) is 3.27. The fraction of sp³-hybridized carbons (Fsp3) is 0.650. The minimum atomic E-state index is -3.42. The minimum absolute atomic E-state index is 0.0456. The summed E-state index contributed by atoms with van der Waals surface area (Å²) in [6, 6.07) is 6.75. The SMILES string of the molecule is CN(C1CCN(C(=O)CCc2ccc(S(=O)(=O)N3CCCC3)cc2)CC1)S(C)(=O)=O. The number of carbonyl (C=O) groups is 1. The number of rotatable bonds is 7. The number of likely N-dealkylation sites (tertiary alicyclic amines) is 1. The number of hydrogen-bond acceptors (Lipinski definition) is 5.